The summed E-state index contributed by atoms with van der Waals surface area (Å²) in [6, 6.07) is 11.3. The number of para-hydroxylation sites is 2. The van der Waals surface area contributed by atoms with Gasteiger partial charge in [-0.1, -0.05) is 23.7 Å². The van der Waals surface area contributed by atoms with Crippen LogP contribution >= 0.6 is 11.6 Å². The van der Waals surface area contributed by atoms with Crippen LogP contribution in [0, 0.1) is 5.92 Å². The van der Waals surface area contributed by atoms with Gasteiger partial charge in [-0.15, -0.1) is 0 Å². The molecule has 0 aliphatic carbocycles. The number of methoxy groups -OCH3 is 2. The van der Waals surface area contributed by atoms with E-state index in [-0.39, 0.29) is 24.2 Å². The van der Waals surface area contributed by atoms with Crippen molar-refractivity contribution in [1.29, 1.82) is 0 Å². The Labute approximate surface area is 202 Å². The largest absolute Gasteiger partial charge is 0.495 e. The lowest BCUT2D eigenvalue weighted by Gasteiger charge is -2.32. The number of aromatic nitrogens is 2. The number of halogens is 1. The van der Waals surface area contributed by atoms with Crippen LogP contribution in [0.1, 0.15) is 31.0 Å². The summed E-state index contributed by atoms with van der Waals surface area (Å²) >= 11 is 6.29. The van der Waals surface area contributed by atoms with Gasteiger partial charge in [0, 0.05) is 38.0 Å². The molecular weight excluding hydrogens is 456 g/mol. The minimum absolute atomic E-state index is 0.0254. The van der Waals surface area contributed by atoms with Crippen LogP contribution in [0.5, 0.6) is 11.5 Å². The standard InChI is InChI=1S/C25H27ClN4O4/c1-33-21-13-22(34-2)20(12-17(21)26)30-14-16(11-23(30)31)25(32)29-9-7-15(8-10-29)24-27-18-5-3-4-6-19(18)28-24/h3-6,12-13,15-16H,7-11,14H2,1-2H3,(H,27,28)/t16-/m0/s1. The van der Waals surface area contributed by atoms with Gasteiger partial charge in [0.05, 0.1) is 41.9 Å². The number of hydrogen-bond acceptors (Lipinski definition) is 5. The Morgan fingerprint density at radius 2 is 1.85 bits per heavy atom. The predicted molar refractivity (Wildman–Crippen MR) is 130 cm³/mol. The summed E-state index contributed by atoms with van der Waals surface area (Å²) in [5.41, 5.74) is 2.56. The molecule has 2 fully saturated rings. The number of fused-ring (bicyclic) bond motifs is 1. The molecule has 2 saturated heterocycles. The fraction of sp³-hybridized carbons (Fsp3) is 0.400. The molecule has 2 amide bonds. The first kappa shape index (κ1) is 22.5. The van der Waals surface area contributed by atoms with E-state index < -0.39 is 0 Å². The molecule has 178 valence electrons. The molecule has 8 nitrogen and oxygen atoms in total. The van der Waals surface area contributed by atoms with Crippen molar-refractivity contribution in [1.82, 2.24) is 14.9 Å². The van der Waals surface area contributed by atoms with E-state index in [1.807, 2.05) is 29.2 Å². The highest BCUT2D eigenvalue weighted by Gasteiger charge is 2.39. The Morgan fingerprint density at radius 1 is 1.12 bits per heavy atom. The van der Waals surface area contributed by atoms with Gasteiger partial charge >= 0.3 is 0 Å². The van der Waals surface area contributed by atoms with Crippen molar-refractivity contribution in [3.8, 4) is 11.5 Å². The number of aromatic amines is 1. The molecule has 3 aromatic rings. The lowest BCUT2D eigenvalue weighted by atomic mass is 9.95. The van der Waals surface area contributed by atoms with Crippen molar-refractivity contribution in [3.63, 3.8) is 0 Å². The summed E-state index contributed by atoms with van der Waals surface area (Å²) in [5, 5.41) is 0.383. The molecule has 1 aromatic heterocycles. The normalized spacial score (nSPS) is 19.1. The Kier molecular flexibility index (Phi) is 6.08. The lowest BCUT2D eigenvalue weighted by molar-refractivity contribution is -0.136. The van der Waals surface area contributed by atoms with Crippen LogP contribution in [0.25, 0.3) is 11.0 Å². The van der Waals surface area contributed by atoms with Crippen LogP contribution in [0.3, 0.4) is 0 Å². The van der Waals surface area contributed by atoms with E-state index in [2.05, 4.69) is 4.98 Å². The molecule has 5 rings (SSSR count). The molecule has 3 heterocycles. The first-order chi connectivity index (χ1) is 16.5. The summed E-state index contributed by atoms with van der Waals surface area (Å²) in [4.78, 5) is 37.7. The van der Waals surface area contributed by atoms with E-state index in [0.717, 1.165) is 29.7 Å². The van der Waals surface area contributed by atoms with Crippen molar-refractivity contribution in [2.24, 2.45) is 5.92 Å². The first-order valence-corrected chi connectivity index (χ1v) is 11.8. The highest BCUT2D eigenvalue weighted by Crippen LogP contribution is 2.40. The van der Waals surface area contributed by atoms with Gasteiger partial charge in [-0.25, -0.2) is 4.98 Å². The molecule has 2 aromatic carbocycles. The smallest absolute Gasteiger partial charge is 0.228 e. The molecule has 0 saturated carbocycles. The van der Waals surface area contributed by atoms with Gasteiger partial charge in [0.1, 0.15) is 17.3 Å². The molecule has 0 radical (unpaired) electrons. The summed E-state index contributed by atoms with van der Waals surface area (Å²) in [5.74, 6) is 1.75. The molecule has 0 spiro atoms. The Morgan fingerprint density at radius 3 is 2.56 bits per heavy atom. The number of likely N-dealkylation sites (tertiary alicyclic amines) is 1. The topological polar surface area (TPSA) is 87.8 Å². The van der Waals surface area contributed by atoms with Crippen LogP contribution in [0.2, 0.25) is 5.02 Å². The number of anilines is 1. The third kappa shape index (κ3) is 4.07. The number of carbonyl (C=O) groups is 2. The van der Waals surface area contributed by atoms with Crippen molar-refractivity contribution < 1.29 is 19.1 Å². The Hall–Kier alpha value is -3.26. The average molecular weight is 483 g/mol. The monoisotopic (exact) mass is 482 g/mol. The van der Waals surface area contributed by atoms with E-state index >= 15 is 0 Å². The molecule has 9 heteroatoms. The van der Waals surface area contributed by atoms with Gasteiger partial charge < -0.3 is 24.3 Å². The number of piperidine rings is 1. The third-order valence-corrected chi connectivity index (χ3v) is 7.11. The van der Waals surface area contributed by atoms with E-state index in [1.54, 1.807) is 17.0 Å². The number of H-pyrrole nitrogens is 1. The maximum atomic E-state index is 13.3. The zero-order chi connectivity index (χ0) is 23.8. The zero-order valence-corrected chi connectivity index (χ0v) is 20.0. The van der Waals surface area contributed by atoms with Gasteiger partial charge in [0.2, 0.25) is 11.8 Å². The lowest BCUT2D eigenvalue weighted by Crippen LogP contribution is -2.42. The van der Waals surface area contributed by atoms with E-state index in [4.69, 9.17) is 26.1 Å². The summed E-state index contributed by atoms with van der Waals surface area (Å²) in [7, 11) is 3.05. The maximum Gasteiger partial charge on any atom is 0.228 e. The van der Waals surface area contributed by atoms with Gasteiger partial charge in [-0.3, -0.25) is 9.59 Å². The Balaban J connectivity index is 1.25. The SMILES string of the molecule is COc1cc(OC)c(N2C[C@@H](C(=O)N3CCC(c4nc5ccccc5[nH]4)CC3)CC2=O)cc1Cl. The number of amides is 2. The summed E-state index contributed by atoms with van der Waals surface area (Å²) in [6.07, 6.45) is 1.87. The first-order valence-electron chi connectivity index (χ1n) is 11.4. The van der Waals surface area contributed by atoms with Gasteiger partial charge in [0.25, 0.3) is 0 Å². The molecule has 1 N–H and O–H groups in total. The molecule has 1 atom stereocenters. The fourth-order valence-corrected chi connectivity index (χ4v) is 5.19. The van der Waals surface area contributed by atoms with Crippen molar-refractivity contribution in [2.75, 3.05) is 38.8 Å². The maximum absolute atomic E-state index is 13.3. The minimum Gasteiger partial charge on any atom is -0.495 e. The molecule has 0 unspecified atom stereocenters. The highest BCUT2D eigenvalue weighted by atomic mass is 35.5. The number of imidazole rings is 1. The molecule has 34 heavy (non-hydrogen) atoms. The number of nitrogens with zero attached hydrogens (tertiary/aromatic N) is 3. The predicted octanol–water partition coefficient (Wildman–Crippen LogP) is 3.99. The van der Waals surface area contributed by atoms with Crippen molar-refractivity contribution in [2.45, 2.75) is 25.2 Å². The number of hydrogen-bond donors (Lipinski definition) is 1. The zero-order valence-electron chi connectivity index (χ0n) is 19.2. The second-order valence-electron chi connectivity index (χ2n) is 8.80. The second kappa shape index (κ2) is 9.18. The van der Waals surface area contributed by atoms with Crippen molar-refractivity contribution in [3.05, 3.63) is 47.2 Å². The summed E-state index contributed by atoms with van der Waals surface area (Å²) in [6.45, 7) is 1.62. The minimum atomic E-state index is -0.388. The Bertz CT molecular complexity index is 1200. The van der Waals surface area contributed by atoms with E-state index in [0.29, 0.717) is 47.8 Å². The number of carbonyl (C=O) groups excluding carboxylic acids is 2. The van der Waals surface area contributed by atoms with Crippen LogP contribution in [-0.4, -0.2) is 60.5 Å². The van der Waals surface area contributed by atoms with Gasteiger partial charge in [-0.2, -0.15) is 0 Å². The number of nitrogens with one attached hydrogen (secondary N) is 1. The third-order valence-electron chi connectivity index (χ3n) is 6.82. The fourth-order valence-electron chi connectivity index (χ4n) is 4.96. The molecule has 2 aliphatic rings. The number of benzene rings is 2. The van der Waals surface area contributed by atoms with Crippen LogP contribution in [-0.2, 0) is 9.59 Å². The van der Waals surface area contributed by atoms with Crippen LogP contribution in [0.4, 0.5) is 5.69 Å². The van der Waals surface area contributed by atoms with Crippen LogP contribution in [0.15, 0.2) is 36.4 Å². The van der Waals surface area contributed by atoms with E-state index in [9.17, 15) is 9.59 Å². The molecular formula is C25H27ClN4O4. The number of ether oxygens (including phenoxy) is 2. The summed E-state index contributed by atoms with van der Waals surface area (Å²) < 4.78 is 10.7. The van der Waals surface area contributed by atoms with E-state index in [1.165, 1.54) is 14.2 Å². The second-order valence-corrected chi connectivity index (χ2v) is 9.21. The van der Waals surface area contributed by atoms with Crippen LogP contribution < -0.4 is 14.4 Å². The quantitative estimate of drug-likeness (QED) is 0.594. The molecule has 2 aliphatic heterocycles. The van der Waals surface area contributed by atoms with Crippen molar-refractivity contribution >= 4 is 40.1 Å². The highest BCUT2D eigenvalue weighted by molar-refractivity contribution is 6.32. The number of rotatable bonds is 5. The van der Waals surface area contributed by atoms with Gasteiger partial charge in [-0.05, 0) is 31.0 Å². The van der Waals surface area contributed by atoms with Gasteiger partial charge in [0.15, 0.2) is 0 Å². The molecule has 0 bridgehead atoms. The average Bonchev–Trinajstić information content (AvgIpc) is 3.47.